The van der Waals surface area contributed by atoms with E-state index in [1.165, 1.54) is 37.8 Å². The van der Waals surface area contributed by atoms with Crippen molar-refractivity contribution in [2.75, 3.05) is 6.54 Å². The number of amides is 6. The highest BCUT2D eigenvalue weighted by Gasteiger charge is 2.39. The second-order valence-electron chi connectivity index (χ2n) is 10.5. The van der Waals surface area contributed by atoms with Gasteiger partial charge in [-0.3, -0.25) is 28.8 Å². The smallest absolute Gasteiger partial charge is 0.246 e. The zero-order chi connectivity index (χ0) is 30.9. The minimum absolute atomic E-state index is 0.0341. The number of carbonyl (C=O) groups excluding carboxylic acids is 6. The number of phenols is 1. The first-order valence-corrected chi connectivity index (χ1v) is 13.8. The van der Waals surface area contributed by atoms with E-state index in [2.05, 4.69) is 21.3 Å². The van der Waals surface area contributed by atoms with Crippen LogP contribution in [-0.2, 0) is 35.2 Å². The molecule has 1 aliphatic rings. The standard InChI is InChI=1S/C28H42N6O7/c1-6-15(2)23(24(29)37)33-27(40)22-8-7-13-34(22)28(41)21(14-19-9-11-20(36)12-10-19)32-26(39)17(4)31-25(38)16(3)30-18(5)35/h9-12,15-17,21-23,36H,6-8,13-14H2,1-5H3,(H2,29,37)(H,30,35)(H,31,38)(H,32,39)(H,33,40)/t15?,16?,17?,21-,22?,23?/m1/s1. The Morgan fingerprint density at radius 3 is 2.10 bits per heavy atom. The van der Waals surface area contributed by atoms with E-state index in [-0.39, 0.29) is 24.6 Å². The first-order chi connectivity index (χ1) is 19.2. The maximum absolute atomic E-state index is 13.8. The number of hydrogen-bond acceptors (Lipinski definition) is 7. The molecule has 7 N–H and O–H groups in total. The Balaban J connectivity index is 2.23. The molecule has 1 aliphatic heterocycles. The fourth-order valence-electron chi connectivity index (χ4n) is 4.62. The Kier molecular flexibility index (Phi) is 12.1. The number of nitrogens with one attached hydrogen (secondary N) is 4. The molecule has 0 bridgehead atoms. The molecule has 0 aliphatic carbocycles. The fourth-order valence-corrected chi connectivity index (χ4v) is 4.62. The van der Waals surface area contributed by atoms with Gasteiger partial charge < -0.3 is 37.0 Å². The van der Waals surface area contributed by atoms with Gasteiger partial charge >= 0.3 is 0 Å². The van der Waals surface area contributed by atoms with Crippen LogP contribution in [0.25, 0.3) is 0 Å². The Labute approximate surface area is 240 Å². The van der Waals surface area contributed by atoms with Crippen LogP contribution in [0.4, 0.5) is 0 Å². The summed E-state index contributed by atoms with van der Waals surface area (Å²) in [5, 5.41) is 20.0. The molecule has 41 heavy (non-hydrogen) atoms. The molecule has 1 saturated heterocycles. The molecule has 5 unspecified atom stereocenters. The number of aromatic hydroxyl groups is 1. The molecule has 1 fully saturated rings. The summed E-state index contributed by atoms with van der Waals surface area (Å²) in [5.41, 5.74) is 6.15. The van der Waals surface area contributed by atoms with E-state index >= 15 is 0 Å². The van der Waals surface area contributed by atoms with Crippen molar-refractivity contribution in [1.29, 1.82) is 0 Å². The third-order valence-electron chi connectivity index (χ3n) is 7.21. The summed E-state index contributed by atoms with van der Waals surface area (Å²) < 4.78 is 0. The molecule has 0 saturated carbocycles. The molecule has 226 valence electrons. The summed E-state index contributed by atoms with van der Waals surface area (Å²) in [6.07, 6.45) is 1.58. The van der Waals surface area contributed by atoms with Crippen LogP contribution in [-0.4, -0.2) is 82.2 Å². The third-order valence-corrected chi connectivity index (χ3v) is 7.21. The quantitative estimate of drug-likeness (QED) is 0.182. The second-order valence-corrected chi connectivity index (χ2v) is 10.5. The van der Waals surface area contributed by atoms with E-state index in [1.54, 1.807) is 19.1 Å². The van der Waals surface area contributed by atoms with E-state index in [0.29, 0.717) is 24.8 Å². The number of nitrogens with two attached hydrogens (primary N) is 1. The van der Waals surface area contributed by atoms with Crippen molar-refractivity contribution in [2.24, 2.45) is 11.7 Å². The summed E-state index contributed by atoms with van der Waals surface area (Å²) in [7, 11) is 0. The number of phenolic OH excluding ortho intramolecular Hbond substituents is 1. The Bertz CT molecular complexity index is 1130. The molecule has 1 heterocycles. The maximum atomic E-state index is 13.8. The number of carbonyl (C=O) groups is 6. The lowest BCUT2D eigenvalue weighted by Crippen LogP contribution is -2.59. The van der Waals surface area contributed by atoms with E-state index < -0.39 is 65.7 Å². The highest BCUT2D eigenvalue weighted by Crippen LogP contribution is 2.21. The number of primary amides is 1. The van der Waals surface area contributed by atoms with E-state index in [0.717, 1.165) is 0 Å². The Morgan fingerprint density at radius 2 is 1.54 bits per heavy atom. The van der Waals surface area contributed by atoms with Gasteiger partial charge in [-0.2, -0.15) is 0 Å². The highest BCUT2D eigenvalue weighted by molar-refractivity contribution is 5.96. The predicted molar refractivity (Wildman–Crippen MR) is 150 cm³/mol. The molecule has 1 aromatic carbocycles. The van der Waals surface area contributed by atoms with E-state index in [4.69, 9.17) is 5.73 Å². The lowest BCUT2D eigenvalue weighted by atomic mass is 9.98. The zero-order valence-electron chi connectivity index (χ0n) is 24.2. The van der Waals surface area contributed by atoms with Gasteiger partial charge in [0, 0.05) is 19.9 Å². The summed E-state index contributed by atoms with van der Waals surface area (Å²) in [4.78, 5) is 77.1. The van der Waals surface area contributed by atoms with Crippen molar-refractivity contribution < 1.29 is 33.9 Å². The first-order valence-electron chi connectivity index (χ1n) is 13.8. The molecule has 0 spiro atoms. The van der Waals surface area contributed by atoms with Crippen molar-refractivity contribution in [3.63, 3.8) is 0 Å². The second kappa shape index (κ2) is 15.0. The monoisotopic (exact) mass is 574 g/mol. The van der Waals surface area contributed by atoms with Crippen LogP contribution in [0.15, 0.2) is 24.3 Å². The van der Waals surface area contributed by atoms with Gasteiger partial charge in [0.15, 0.2) is 0 Å². The average molecular weight is 575 g/mol. The summed E-state index contributed by atoms with van der Waals surface area (Å²) in [5.74, 6) is -3.46. The van der Waals surface area contributed by atoms with Gasteiger partial charge in [-0.25, -0.2) is 0 Å². The van der Waals surface area contributed by atoms with Gasteiger partial charge in [0.1, 0.15) is 36.0 Å². The van der Waals surface area contributed by atoms with Crippen LogP contribution >= 0.6 is 0 Å². The summed E-state index contributed by atoms with van der Waals surface area (Å²) in [6, 6.07) is 1.37. The van der Waals surface area contributed by atoms with Gasteiger partial charge in [-0.1, -0.05) is 32.4 Å². The lowest BCUT2D eigenvalue weighted by molar-refractivity contribution is -0.142. The Morgan fingerprint density at radius 1 is 0.951 bits per heavy atom. The van der Waals surface area contributed by atoms with Gasteiger partial charge in [-0.15, -0.1) is 0 Å². The molecule has 13 nitrogen and oxygen atoms in total. The molecule has 13 heteroatoms. The van der Waals surface area contributed by atoms with Crippen molar-refractivity contribution >= 4 is 35.4 Å². The minimum Gasteiger partial charge on any atom is -0.508 e. The molecule has 0 aromatic heterocycles. The molecular formula is C28H42N6O7. The lowest BCUT2D eigenvalue weighted by Gasteiger charge is -2.31. The van der Waals surface area contributed by atoms with Crippen molar-refractivity contribution in [3.05, 3.63) is 29.8 Å². The molecular weight excluding hydrogens is 532 g/mol. The third kappa shape index (κ3) is 9.47. The number of likely N-dealkylation sites (tertiary alicyclic amines) is 1. The van der Waals surface area contributed by atoms with Crippen LogP contribution in [0, 0.1) is 5.92 Å². The normalized spacial score (nSPS) is 18.3. The van der Waals surface area contributed by atoms with Gasteiger partial charge in [0.05, 0.1) is 0 Å². The summed E-state index contributed by atoms with van der Waals surface area (Å²) in [6.45, 7) is 8.13. The average Bonchev–Trinajstić information content (AvgIpc) is 3.41. The summed E-state index contributed by atoms with van der Waals surface area (Å²) >= 11 is 0. The van der Waals surface area contributed by atoms with Crippen LogP contribution in [0.5, 0.6) is 5.75 Å². The van der Waals surface area contributed by atoms with Crippen molar-refractivity contribution in [3.8, 4) is 5.75 Å². The number of rotatable bonds is 13. The highest BCUT2D eigenvalue weighted by atomic mass is 16.3. The SMILES string of the molecule is CCC(C)C(NC(=O)C1CCCN1C(=O)[C@@H](Cc1ccc(O)cc1)NC(=O)C(C)NC(=O)C(C)NC(C)=O)C(N)=O. The maximum Gasteiger partial charge on any atom is 0.246 e. The number of hydrogen-bond donors (Lipinski definition) is 6. The van der Waals surface area contributed by atoms with Crippen LogP contribution < -0.4 is 27.0 Å². The van der Waals surface area contributed by atoms with Gasteiger partial charge in [-0.05, 0) is 50.3 Å². The van der Waals surface area contributed by atoms with E-state index in [1.807, 2.05) is 6.92 Å². The topological polar surface area (TPSA) is 200 Å². The number of benzene rings is 1. The van der Waals surface area contributed by atoms with Gasteiger partial charge in [0.25, 0.3) is 0 Å². The molecule has 0 radical (unpaired) electrons. The van der Waals surface area contributed by atoms with Crippen LogP contribution in [0.3, 0.4) is 0 Å². The van der Waals surface area contributed by atoms with Crippen LogP contribution in [0.2, 0.25) is 0 Å². The van der Waals surface area contributed by atoms with Crippen molar-refractivity contribution in [2.45, 2.75) is 90.5 Å². The number of nitrogens with zero attached hydrogens (tertiary/aromatic N) is 1. The van der Waals surface area contributed by atoms with Crippen LogP contribution in [0.1, 0.15) is 59.4 Å². The minimum atomic E-state index is -1.10. The zero-order valence-corrected chi connectivity index (χ0v) is 24.2. The van der Waals surface area contributed by atoms with E-state index in [9.17, 15) is 33.9 Å². The fraction of sp³-hybridized carbons (Fsp3) is 0.571. The van der Waals surface area contributed by atoms with Crippen molar-refractivity contribution in [1.82, 2.24) is 26.2 Å². The molecule has 2 rings (SSSR count). The molecule has 1 aromatic rings. The van der Waals surface area contributed by atoms with Gasteiger partial charge in [0.2, 0.25) is 35.4 Å². The predicted octanol–water partition coefficient (Wildman–Crippen LogP) is -0.544. The first kappa shape index (κ1) is 33.0. The Hall–Kier alpha value is -4.16. The molecule has 6 amide bonds. The largest absolute Gasteiger partial charge is 0.508 e. The molecule has 6 atom stereocenters.